The highest BCUT2D eigenvalue weighted by Gasteiger charge is 2.21. The number of urea groups is 1. The molecule has 0 heterocycles. The zero-order valence-corrected chi connectivity index (χ0v) is 22.6. The minimum atomic E-state index is -1.12. The van der Waals surface area contributed by atoms with Crippen LogP contribution in [0.2, 0.25) is 0 Å². The Hall–Kier alpha value is -5.29. The lowest BCUT2D eigenvalue weighted by molar-refractivity contribution is 0.0693. The van der Waals surface area contributed by atoms with Crippen LogP contribution in [-0.4, -0.2) is 24.2 Å². The molecule has 4 rings (SSSR count). The summed E-state index contributed by atoms with van der Waals surface area (Å²) in [6.07, 6.45) is 0. The summed E-state index contributed by atoms with van der Waals surface area (Å²) < 4.78 is 11.5. The van der Waals surface area contributed by atoms with Gasteiger partial charge in [-0.15, -0.1) is 0 Å². The number of anilines is 2. The molecule has 0 aliphatic rings. The minimum Gasteiger partial charge on any atom is -0.496 e. The Balaban J connectivity index is 1.74. The zero-order chi connectivity index (χ0) is 28.9. The molecule has 4 aromatic rings. The van der Waals surface area contributed by atoms with Gasteiger partial charge in [-0.25, -0.2) is 9.59 Å². The molecule has 40 heavy (non-hydrogen) atoms. The molecule has 4 aromatic carbocycles. The third-order valence-electron chi connectivity index (χ3n) is 6.16. The third-order valence-corrected chi connectivity index (χ3v) is 6.16. The largest absolute Gasteiger partial charge is 0.496 e. The highest BCUT2D eigenvalue weighted by Crippen LogP contribution is 2.39. The molecule has 0 bridgehead atoms. The van der Waals surface area contributed by atoms with Gasteiger partial charge in [0.2, 0.25) is 0 Å². The molecular formula is C32H29N3O5. The first-order valence-electron chi connectivity index (χ1n) is 12.5. The number of nitrogens with one attached hydrogen (secondary N) is 2. The number of ether oxygens (including phenoxy) is 2. The van der Waals surface area contributed by atoms with Crippen molar-refractivity contribution < 1.29 is 24.2 Å². The summed E-state index contributed by atoms with van der Waals surface area (Å²) >= 11 is 0. The van der Waals surface area contributed by atoms with Gasteiger partial charge in [-0.05, 0) is 65.1 Å². The molecule has 0 saturated heterocycles. The van der Waals surface area contributed by atoms with Crippen molar-refractivity contribution in [1.82, 2.24) is 0 Å². The number of methoxy groups -OCH3 is 1. The van der Waals surface area contributed by atoms with E-state index < -0.39 is 12.0 Å². The van der Waals surface area contributed by atoms with Crippen LogP contribution < -0.4 is 20.1 Å². The van der Waals surface area contributed by atoms with E-state index in [4.69, 9.17) is 9.47 Å². The number of para-hydroxylation sites is 1. The minimum absolute atomic E-state index is 0.0176. The van der Waals surface area contributed by atoms with Gasteiger partial charge in [0.15, 0.2) is 5.75 Å². The number of hydrogen-bond acceptors (Lipinski definition) is 5. The molecule has 0 fully saturated rings. The number of benzene rings is 4. The quantitative estimate of drug-likeness (QED) is 0.223. The van der Waals surface area contributed by atoms with Crippen LogP contribution in [0.25, 0.3) is 11.1 Å². The topological polar surface area (TPSA) is 121 Å². The predicted octanol–water partition coefficient (Wildman–Crippen LogP) is 7.67. The van der Waals surface area contributed by atoms with Crippen LogP contribution in [0.1, 0.15) is 42.3 Å². The number of aromatic carboxylic acids is 1. The molecule has 0 unspecified atom stereocenters. The van der Waals surface area contributed by atoms with E-state index in [-0.39, 0.29) is 16.7 Å². The van der Waals surface area contributed by atoms with Crippen LogP contribution in [0.4, 0.5) is 16.2 Å². The van der Waals surface area contributed by atoms with Crippen molar-refractivity contribution in [2.45, 2.75) is 26.2 Å². The van der Waals surface area contributed by atoms with E-state index in [1.807, 2.05) is 30.3 Å². The van der Waals surface area contributed by atoms with Crippen LogP contribution in [0, 0.1) is 11.3 Å². The van der Waals surface area contributed by atoms with Crippen LogP contribution in [0.3, 0.4) is 0 Å². The van der Waals surface area contributed by atoms with Gasteiger partial charge < -0.3 is 25.2 Å². The summed E-state index contributed by atoms with van der Waals surface area (Å²) in [5, 5.41) is 24.4. The second-order valence-corrected chi connectivity index (χ2v) is 10.1. The molecule has 0 saturated carbocycles. The van der Waals surface area contributed by atoms with Crippen LogP contribution in [0.15, 0.2) is 84.9 Å². The SMILES string of the molecule is COc1ccc(-c2ccc(Oc3ccccc3C(C)(C)C)c(NC(=O)Nc3cccc(C#N)c3)c2)cc1C(=O)O. The Morgan fingerprint density at radius 1 is 0.825 bits per heavy atom. The van der Waals surface area contributed by atoms with E-state index in [1.54, 1.807) is 54.6 Å². The fourth-order valence-electron chi connectivity index (χ4n) is 4.20. The molecule has 202 valence electrons. The van der Waals surface area contributed by atoms with Crippen LogP contribution in [-0.2, 0) is 5.41 Å². The first-order valence-corrected chi connectivity index (χ1v) is 12.5. The Morgan fingerprint density at radius 2 is 1.52 bits per heavy atom. The van der Waals surface area contributed by atoms with Crippen molar-refractivity contribution in [2.75, 3.05) is 17.7 Å². The summed E-state index contributed by atoms with van der Waals surface area (Å²) in [4.78, 5) is 24.8. The maximum Gasteiger partial charge on any atom is 0.339 e. The molecule has 8 heteroatoms. The van der Waals surface area contributed by atoms with Crippen molar-refractivity contribution in [3.63, 3.8) is 0 Å². The van der Waals surface area contributed by atoms with Crippen molar-refractivity contribution in [3.05, 3.63) is 102 Å². The Bertz CT molecular complexity index is 1620. The molecule has 8 nitrogen and oxygen atoms in total. The second-order valence-electron chi connectivity index (χ2n) is 10.1. The highest BCUT2D eigenvalue weighted by atomic mass is 16.5. The number of nitrogens with zero attached hydrogens (tertiary/aromatic N) is 1. The number of carboxylic acid groups (broad SMARTS) is 1. The number of nitriles is 1. The molecule has 0 radical (unpaired) electrons. The van der Waals surface area contributed by atoms with Gasteiger partial charge in [-0.2, -0.15) is 5.26 Å². The van der Waals surface area contributed by atoms with Crippen molar-refractivity contribution in [1.29, 1.82) is 5.26 Å². The van der Waals surface area contributed by atoms with E-state index >= 15 is 0 Å². The summed E-state index contributed by atoms with van der Waals surface area (Å²) in [6.45, 7) is 6.26. The van der Waals surface area contributed by atoms with Crippen molar-refractivity contribution >= 4 is 23.4 Å². The van der Waals surface area contributed by atoms with Gasteiger partial charge in [-0.3, -0.25) is 0 Å². The standard InChI is InChI=1S/C32H29N3O5/c1-32(2,3)25-10-5-6-11-28(25)40-29-15-13-22(21-12-14-27(39-4)24(17-21)30(36)37)18-26(29)35-31(38)34-23-9-7-8-20(16-23)19-33/h5-18H,1-4H3,(H,36,37)(H2,34,35,38). The Kier molecular flexibility index (Phi) is 8.06. The van der Waals surface area contributed by atoms with Crippen LogP contribution >= 0.6 is 0 Å². The van der Waals surface area contributed by atoms with E-state index in [0.29, 0.717) is 39.6 Å². The summed E-state index contributed by atoms with van der Waals surface area (Å²) in [7, 11) is 1.41. The summed E-state index contributed by atoms with van der Waals surface area (Å²) in [5.41, 5.74) is 3.32. The molecule has 0 aromatic heterocycles. The van der Waals surface area contributed by atoms with E-state index in [2.05, 4.69) is 31.4 Å². The molecule has 0 spiro atoms. The fraction of sp³-hybridized carbons (Fsp3) is 0.156. The Labute approximate surface area is 232 Å². The maximum atomic E-state index is 13.0. The summed E-state index contributed by atoms with van der Waals surface area (Å²) in [6, 6.07) is 25.9. The fourth-order valence-corrected chi connectivity index (χ4v) is 4.20. The number of carbonyl (C=O) groups excluding carboxylic acids is 1. The maximum absolute atomic E-state index is 13.0. The number of hydrogen-bond donors (Lipinski definition) is 3. The van der Waals surface area contributed by atoms with Gasteiger partial charge in [0.1, 0.15) is 17.1 Å². The first-order chi connectivity index (χ1) is 19.1. The lowest BCUT2D eigenvalue weighted by Crippen LogP contribution is -2.20. The van der Waals surface area contributed by atoms with Crippen molar-refractivity contribution in [2.24, 2.45) is 0 Å². The van der Waals surface area contributed by atoms with Gasteiger partial charge >= 0.3 is 12.0 Å². The van der Waals surface area contributed by atoms with Gasteiger partial charge in [0.25, 0.3) is 0 Å². The van der Waals surface area contributed by atoms with Crippen molar-refractivity contribution in [3.8, 4) is 34.4 Å². The lowest BCUT2D eigenvalue weighted by atomic mass is 9.86. The average molecular weight is 536 g/mol. The number of carboxylic acids is 1. The highest BCUT2D eigenvalue weighted by molar-refractivity contribution is 6.01. The molecule has 0 atom stereocenters. The lowest BCUT2D eigenvalue weighted by Gasteiger charge is -2.23. The average Bonchev–Trinajstić information content (AvgIpc) is 2.93. The number of rotatable bonds is 7. The predicted molar refractivity (Wildman–Crippen MR) is 154 cm³/mol. The molecule has 0 aliphatic carbocycles. The molecule has 2 amide bonds. The molecule has 3 N–H and O–H groups in total. The monoisotopic (exact) mass is 535 g/mol. The van der Waals surface area contributed by atoms with Gasteiger partial charge in [0.05, 0.1) is 24.4 Å². The number of amides is 2. The van der Waals surface area contributed by atoms with E-state index in [1.165, 1.54) is 13.2 Å². The number of carbonyl (C=O) groups is 2. The molecular weight excluding hydrogens is 506 g/mol. The smallest absolute Gasteiger partial charge is 0.339 e. The van der Waals surface area contributed by atoms with Gasteiger partial charge in [-0.1, -0.05) is 57.2 Å². The molecule has 0 aliphatic heterocycles. The summed E-state index contributed by atoms with van der Waals surface area (Å²) in [5.74, 6) is 0.168. The Morgan fingerprint density at radius 3 is 2.20 bits per heavy atom. The normalized spacial score (nSPS) is 10.8. The zero-order valence-electron chi connectivity index (χ0n) is 22.6. The third kappa shape index (κ3) is 6.40. The van der Waals surface area contributed by atoms with Crippen LogP contribution in [0.5, 0.6) is 17.2 Å². The van der Waals surface area contributed by atoms with E-state index in [0.717, 1.165) is 5.56 Å². The van der Waals surface area contributed by atoms with Gasteiger partial charge in [0, 0.05) is 11.3 Å². The second kappa shape index (κ2) is 11.6. The van der Waals surface area contributed by atoms with E-state index in [9.17, 15) is 20.0 Å². The first kappa shape index (κ1) is 27.7.